The van der Waals surface area contributed by atoms with Crippen LogP contribution in [0.3, 0.4) is 0 Å². The minimum absolute atomic E-state index is 0. The van der Waals surface area contributed by atoms with Crippen LogP contribution in [0.2, 0.25) is 0 Å². The predicted molar refractivity (Wildman–Crippen MR) is 193 cm³/mol. The van der Waals surface area contributed by atoms with Gasteiger partial charge in [-0.3, -0.25) is 29.9 Å². The van der Waals surface area contributed by atoms with Gasteiger partial charge in [-0.2, -0.15) is 0 Å². The first-order chi connectivity index (χ1) is 22.9. The summed E-state index contributed by atoms with van der Waals surface area (Å²) in [4.78, 5) is 28.6. The van der Waals surface area contributed by atoms with Gasteiger partial charge in [-0.25, -0.2) is 0 Å². The first-order valence-electron chi connectivity index (χ1n) is 15.9. The number of nitrogens with zero attached hydrogens (tertiary/aromatic N) is 6. The molecule has 0 saturated carbocycles. The number of halogens is 4. The standard InChI is InChI=1S/C41H38N6.4ClH.2Fe/c1-28-23-30(3)40(44-21-17-34-11-9-15-38(46-34)36-13-5-7-19-42-36)32(25-28)27-33-26-29(2)24-31(4)41(33)45-22-18-35-12-10-16-39(47-35)37-14-6-8-20-43-37;;;;;;/h5-16,19-26H,17-18,27H2,1-4H3;4*1H;;/q;;;;;2*+2/p-4. The molecule has 0 bridgehead atoms. The van der Waals surface area contributed by atoms with Gasteiger partial charge in [0, 0.05) is 55.5 Å². The molecule has 2 aromatic carbocycles. The Hall–Kier alpha value is -3.42. The second-order valence-electron chi connectivity index (χ2n) is 11.8. The van der Waals surface area contributed by atoms with Crippen molar-refractivity contribution < 1.29 is 83.8 Å². The predicted octanol–water partition coefficient (Wildman–Crippen LogP) is -2.67. The first kappa shape index (κ1) is 49.6. The summed E-state index contributed by atoms with van der Waals surface area (Å²) in [6.07, 6.45) is 9.50. The number of hydrogen-bond acceptors (Lipinski definition) is 6. The number of rotatable bonds is 10. The number of pyridine rings is 4. The minimum Gasteiger partial charge on any atom is -1.00 e. The largest absolute Gasteiger partial charge is 2.00 e. The van der Waals surface area contributed by atoms with E-state index in [1.807, 2.05) is 85.2 Å². The van der Waals surface area contributed by atoms with Crippen LogP contribution in [0.15, 0.2) is 119 Å². The maximum absolute atomic E-state index is 5.02. The van der Waals surface area contributed by atoms with Crippen LogP contribution in [0.5, 0.6) is 0 Å². The summed E-state index contributed by atoms with van der Waals surface area (Å²) in [5, 5.41) is 0. The van der Waals surface area contributed by atoms with Crippen molar-refractivity contribution in [2.45, 2.75) is 47.0 Å². The smallest absolute Gasteiger partial charge is 1.00 e. The van der Waals surface area contributed by atoms with Gasteiger partial charge in [-0.05, 0) is 98.5 Å². The Labute approximate surface area is 358 Å². The zero-order chi connectivity index (χ0) is 32.6. The molecule has 0 spiro atoms. The van der Waals surface area contributed by atoms with Crippen molar-refractivity contribution in [3.63, 3.8) is 0 Å². The van der Waals surface area contributed by atoms with Gasteiger partial charge in [0.2, 0.25) is 0 Å². The van der Waals surface area contributed by atoms with Crippen molar-refractivity contribution >= 4 is 23.8 Å². The van der Waals surface area contributed by atoms with Gasteiger partial charge in [0.1, 0.15) is 0 Å². The number of benzene rings is 2. The normalized spacial score (nSPS) is 10.2. The molecule has 0 saturated heterocycles. The topological polar surface area (TPSA) is 76.3 Å². The molecule has 6 aromatic rings. The summed E-state index contributed by atoms with van der Waals surface area (Å²) >= 11 is 0. The van der Waals surface area contributed by atoms with Crippen molar-refractivity contribution in [3.05, 3.63) is 154 Å². The van der Waals surface area contributed by atoms with E-state index in [1.165, 1.54) is 22.3 Å². The fourth-order valence-electron chi connectivity index (χ4n) is 5.90. The average Bonchev–Trinajstić information content (AvgIpc) is 3.08. The zero-order valence-corrected chi connectivity index (χ0v) is 34.8. The minimum atomic E-state index is 0. The van der Waals surface area contributed by atoms with E-state index >= 15 is 0 Å². The van der Waals surface area contributed by atoms with Crippen LogP contribution in [0.1, 0.15) is 44.8 Å². The molecule has 0 aliphatic heterocycles. The zero-order valence-electron chi connectivity index (χ0n) is 29.6. The molecule has 6 nitrogen and oxygen atoms in total. The average molecular weight is 868 g/mol. The molecule has 0 aliphatic rings. The van der Waals surface area contributed by atoms with E-state index in [1.54, 1.807) is 12.4 Å². The van der Waals surface area contributed by atoms with Gasteiger partial charge in [0.15, 0.2) is 0 Å². The van der Waals surface area contributed by atoms with E-state index in [-0.39, 0.29) is 83.8 Å². The molecule has 0 atom stereocenters. The fraction of sp³-hybridized carbons (Fsp3) is 0.171. The van der Waals surface area contributed by atoms with Crippen molar-refractivity contribution in [1.82, 2.24) is 19.9 Å². The van der Waals surface area contributed by atoms with Gasteiger partial charge in [0.25, 0.3) is 0 Å². The summed E-state index contributed by atoms with van der Waals surface area (Å²) < 4.78 is 0. The van der Waals surface area contributed by atoms with Crippen LogP contribution in [0, 0.1) is 27.7 Å². The molecule has 0 unspecified atom stereocenters. The Kier molecular flexibility index (Phi) is 22.5. The third kappa shape index (κ3) is 13.4. The molecular weight excluding hydrogens is 830 g/mol. The maximum atomic E-state index is 5.02. The van der Waals surface area contributed by atoms with E-state index in [0.29, 0.717) is 12.8 Å². The molecule has 12 heteroatoms. The Morgan fingerprint density at radius 1 is 0.491 bits per heavy atom. The molecule has 0 aliphatic carbocycles. The van der Waals surface area contributed by atoms with Crippen molar-refractivity contribution in [2.75, 3.05) is 0 Å². The quantitative estimate of drug-likeness (QED) is 0.111. The van der Waals surface area contributed by atoms with Crippen LogP contribution in [-0.2, 0) is 53.4 Å². The molecule has 4 aromatic heterocycles. The van der Waals surface area contributed by atoms with Crippen molar-refractivity contribution in [1.29, 1.82) is 0 Å². The summed E-state index contributed by atoms with van der Waals surface area (Å²) in [5.41, 5.74) is 14.5. The van der Waals surface area contributed by atoms with Gasteiger partial charge in [-0.1, -0.05) is 59.7 Å². The van der Waals surface area contributed by atoms with E-state index in [9.17, 15) is 0 Å². The Morgan fingerprint density at radius 3 is 1.26 bits per heavy atom. The third-order valence-corrected chi connectivity index (χ3v) is 7.94. The molecule has 276 valence electrons. The van der Waals surface area contributed by atoms with Crippen LogP contribution in [-0.4, -0.2) is 32.4 Å². The SMILES string of the molecule is Cc1cc(C)c(N=CCc2cccc(-c3ccccn3)n2)c(Cc2cc(C)cc(C)c2N=CCc2cccc(-c3ccccn3)n2)c1.[Cl-].[Cl-].[Cl-].[Cl-].[Fe+2].[Fe+2]. The van der Waals surface area contributed by atoms with Gasteiger partial charge in [-0.15, -0.1) is 0 Å². The van der Waals surface area contributed by atoms with Crippen LogP contribution >= 0.6 is 0 Å². The van der Waals surface area contributed by atoms with Gasteiger partial charge < -0.3 is 49.6 Å². The van der Waals surface area contributed by atoms with E-state index in [4.69, 9.17) is 20.0 Å². The van der Waals surface area contributed by atoms with E-state index in [0.717, 1.165) is 63.1 Å². The second-order valence-corrected chi connectivity index (χ2v) is 11.8. The third-order valence-electron chi connectivity index (χ3n) is 7.94. The second kappa shape index (κ2) is 24.1. The summed E-state index contributed by atoms with van der Waals surface area (Å²) in [7, 11) is 0. The summed E-state index contributed by atoms with van der Waals surface area (Å²) in [5.74, 6) is 0. The molecule has 0 radical (unpaired) electrons. The number of aryl methyl sites for hydroxylation is 4. The summed E-state index contributed by atoms with van der Waals surface area (Å²) in [6.45, 7) is 8.55. The van der Waals surface area contributed by atoms with Crippen molar-refractivity contribution in [3.8, 4) is 22.8 Å². The molecule has 53 heavy (non-hydrogen) atoms. The molecule has 0 amide bonds. The monoisotopic (exact) mass is 866 g/mol. The molecule has 0 N–H and O–H groups in total. The number of aliphatic imine (C=N–C) groups is 2. The van der Waals surface area contributed by atoms with Gasteiger partial charge >= 0.3 is 34.1 Å². The van der Waals surface area contributed by atoms with E-state index < -0.39 is 0 Å². The van der Waals surface area contributed by atoms with E-state index in [2.05, 4.69) is 61.9 Å². The van der Waals surface area contributed by atoms with Gasteiger partial charge in [0.05, 0.1) is 34.2 Å². The molecule has 6 rings (SSSR count). The first-order valence-corrected chi connectivity index (χ1v) is 15.9. The van der Waals surface area contributed by atoms with Crippen LogP contribution < -0.4 is 49.6 Å². The Morgan fingerprint density at radius 2 is 0.887 bits per heavy atom. The Bertz CT molecular complexity index is 1930. The van der Waals surface area contributed by atoms with Crippen molar-refractivity contribution in [2.24, 2.45) is 9.98 Å². The number of hydrogen-bond donors (Lipinski definition) is 0. The summed E-state index contributed by atoms with van der Waals surface area (Å²) in [6, 6.07) is 32.7. The Balaban J connectivity index is 0.00000451. The van der Waals surface area contributed by atoms with Crippen LogP contribution in [0.25, 0.3) is 22.8 Å². The number of aromatic nitrogens is 4. The molecule has 4 heterocycles. The molecular formula is C41H38Cl4Fe2N6. The molecule has 0 fully saturated rings. The fourth-order valence-corrected chi connectivity index (χ4v) is 5.90. The van der Waals surface area contributed by atoms with Crippen LogP contribution in [0.4, 0.5) is 11.4 Å². The maximum Gasteiger partial charge on any atom is 2.00 e.